The molecule has 0 unspecified atom stereocenters. The van der Waals surface area contributed by atoms with Gasteiger partial charge in [0.1, 0.15) is 0 Å². The Hall–Kier alpha value is -1.17. The van der Waals surface area contributed by atoms with Crippen LogP contribution in [0, 0.1) is 5.41 Å². The number of carbonyl (C=O) groups is 1. The van der Waals surface area contributed by atoms with Crippen molar-refractivity contribution in [1.82, 2.24) is 15.1 Å². The summed E-state index contributed by atoms with van der Waals surface area (Å²) in [5.41, 5.74) is 1.64. The molecule has 0 spiro atoms. The van der Waals surface area contributed by atoms with Gasteiger partial charge in [0.05, 0.1) is 15.7 Å². The summed E-state index contributed by atoms with van der Waals surface area (Å²) >= 11 is 12.6. The van der Waals surface area contributed by atoms with E-state index < -0.39 is 0 Å². The lowest BCUT2D eigenvalue weighted by atomic mass is 9.56. The number of rotatable bonds is 5. The number of halogens is 2. The van der Waals surface area contributed by atoms with Crippen molar-refractivity contribution in [2.75, 3.05) is 50.7 Å². The molecule has 6 rings (SSSR count). The van der Waals surface area contributed by atoms with E-state index in [0.717, 1.165) is 70.6 Å². The third kappa shape index (κ3) is 4.38. The Morgan fingerprint density at radius 1 is 0.935 bits per heavy atom. The first kappa shape index (κ1) is 21.7. The monoisotopic (exact) mass is 464 g/mol. The van der Waals surface area contributed by atoms with Gasteiger partial charge in [0, 0.05) is 44.8 Å². The van der Waals surface area contributed by atoms with Gasteiger partial charge in [-0.25, -0.2) is 4.79 Å². The van der Waals surface area contributed by atoms with Crippen LogP contribution in [0.4, 0.5) is 10.5 Å². The average molecular weight is 465 g/mol. The minimum Gasteiger partial charge on any atom is -0.368 e. The molecule has 0 aromatic heterocycles. The first-order chi connectivity index (χ1) is 15.0. The molecule has 1 N–H and O–H groups in total. The standard InChI is InChI=1S/C24H34Cl2N4O/c25-19-3-1-4-20(21(19)26)29-17-15-28(16-18-29)14-11-23-5-8-24(9-6-23,10-7-23)27-22(31)30-12-2-13-30/h1,3-4H,2,5-18H2,(H,27,31). The minimum atomic E-state index is 0.0796. The summed E-state index contributed by atoms with van der Waals surface area (Å²) in [6.45, 7) is 7.20. The fourth-order valence-electron chi connectivity index (χ4n) is 6.00. The average Bonchev–Trinajstić information content (AvgIpc) is 2.75. The molecule has 1 aromatic rings. The maximum atomic E-state index is 12.4. The predicted molar refractivity (Wildman–Crippen MR) is 127 cm³/mol. The highest BCUT2D eigenvalue weighted by molar-refractivity contribution is 6.43. The number of likely N-dealkylation sites (tertiary alicyclic amines) is 1. The fraction of sp³-hybridized carbons (Fsp3) is 0.708. The van der Waals surface area contributed by atoms with E-state index in [1.807, 2.05) is 17.0 Å². The Morgan fingerprint density at radius 2 is 1.61 bits per heavy atom. The van der Waals surface area contributed by atoms with Gasteiger partial charge >= 0.3 is 6.03 Å². The van der Waals surface area contributed by atoms with Crippen molar-refractivity contribution in [3.8, 4) is 0 Å². The highest BCUT2D eigenvalue weighted by atomic mass is 35.5. The van der Waals surface area contributed by atoms with Crippen LogP contribution in [0.3, 0.4) is 0 Å². The Balaban J connectivity index is 1.09. The SMILES string of the molecule is O=C(NC12CCC(CCN3CCN(c4cccc(Cl)c4Cl)CC3)(CC1)CC2)N1CCC1. The molecule has 1 aromatic carbocycles. The molecule has 2 heterocycles. The number of urea groups is 1. The molecule has 31 heavy (non-hydrogen) atoms. The van der Waals surface area contributed by atoms with Crippen LogP contribution in [0.2, 0.25) is 10.0 Å². The van der Waals surface area contributed by atoms with Crippen molar-refractivity contribution in [2.45, 2.75) is 56.9 Å². The zero-order chi connectivity index (χ0) is 21.5. The number of amides is 2. The maximum Gasteiger partial charge on any atom is 0.317 e. The van der Waals surface area contributed by atoms with Crippen LogP contribution in [0.25, 0.3) is 0 Å². The molecule has 170 valence electrons. The summed E-state index contributed by atoms with van der Waals surface area (Å²) in [4.78, 5) is 19.4. The number of nitrogens with one attached hydrogen (secondary N) is 1. The number of anilines is 1. The van der Waals surface area contributed by atoms with E-state index in [4.69, 9.17) is 23.2 Å². The summed E-state index contributed by atoms with van der Waals surface area (Å²) in [5, 5.41) is 4.73. The van der Waals surface area contributed by atoms with Gasteiger partial charge in [0.15, 0.2) is 0 Å². The van der Waals surface area contributed by atoms with Crippen molar-refractivity contribution >= 4 is 34.9 Å². The van der Waals surface area contributed by atoms with Gasteiger partial charge < -0.3 is 15.1 Å². The molecule has 0 atom stereocenters. The normalized spacial score (nSPS) is 30.9. The lowest BCUT2D eigenvalue weighted by Gasteiger charge is -2.55. The van der Waals surface area contributed by atoms with Gasteiger partial charge in [-0.3, -0.25) is 4.90 Å². The largest absolute Gasteiger partial charge is 0.368 e. The number of hydrogen-bond acceptors (Lipinski definition) is 3. The molecule has 0 radical (unpaired) electrons. The lowest BCUT2D eigenvalue weighted by molar-refractivity contribution is 0.0112. The van der Waals surface area contributed by atoms with Crippen LogP contribution < -0.4 is 10.2 Å². The fourth-order valence-corrected chi connectivity index (χ4v) is 6.41. The van der Waals surface area contributed by atoms with Crippen LogP contribution in [-0.4, -0.2) is 67.2 Å². The first-order valence-electron chi connectivity index (χ1n) is 12.0. The van der Waals surface area contributed by atoms with E-state index in [1.165, 1.54) is 32.2 Å². The highest BCUT2D eigenvalue weighted by Gasteiger charge is 2.49. The van der Waals surface area contributed by atoms with Gasteiger partial charge in [-0.05, 0) is 75.5 Å². The number of benzene rings is 1. The molecule has 7 heteroatoms. The van der Waals surface area contributed by atoms with Crippen LogP contribution >= 0.6 is 23.2 Å². The molecule has 3 saturated carbocycles. The van der Waals surface area contributed by atoms with Gasteiger partial charge in [-0.2, -0.15) is 0 Å². The summed E-state index contributed by atoms with van der Waals surface area (Å²) in [6, 6.07) is 6.08. The van der Waals surface area contributed by atoms with Gasteiger partial charge in [-0.1, -0.05) is 29.3 Å². The number of fused-ring (bicyclic) bond motifs is 3. The second-order valence-electron chi connectivity index (χ2n) is 10.2. The Labute approximate surface area is 196 Å². The van der Waals surface area contributed by atoms with Gasteiger partial charge in [-0.15, -0.1) is 0 Å². The van der Waals surface area contributed by atoms with E-state index in [1.54, 1.807) is 0 Å². The van der Waals surface area contributed by atoms with Gasteiger partial charge in [0.25, 0.3) is 0 Å². The molecule has 5 nitrogen and oxygen atoms in total. The van der Waals surface area contributed by atoms with Crippen molar-refractivity contribution in [3.05, 3.63) is 28.2 Å². The number of hydrogen-bond donors (Lipinski definition) is 1. The second-order valence-corrected chi connectivity index (χ2v) is 11.0. The van der Waals surface area contributed by atoms with E-state index in [0.29, 0.717) is 15.5 Å². The molecule has 2 saturated heterocycles. The number of carbonyl (C=O) groups excluding carboxylic acids is 1. The van der Waals surface area contributed by atoms with E-state index in [-0.39, 0.29) is 11.6 Å². The van der Waals surface area contributed by atoms with Crippen molar-refractivity contribution in [2.24, 2.45) is 5.41 Å². The predicted octanol–water partition coefficient (Wildman–Crippen LogP) is 5.01. The van der Waals surface area contributed by atoms with E-state index >= 15 is 0 Å². The zero-order valence-electron chi connectivity index (χ0n) is 18.3. The van der Waals surface area contributed by atoms with E-state index in [2.05, 4.69) is 21.2 Å². The summed E-state index contributed by atoms with van der Waals surface area (Å²) in [7, 11) is 0. The van der Waals surface area contributed by atoms with Crippen LogP contribution in [-0.2, 0) is 0 Å². The van der Waals surface area contributed by atoms with Crippen LogP contribution in [0.1, 0.15) is 51.4 Å². The molecule has 5 aliphatic rings. The second kappa shape index (κ2) is 8.64. The molecule has 2 aliphatic heterocycles. The zero-order valence-corrected chi connectivity index (χ0v) is 19.9. The Morgan fingerprint density at radius 3 is 2.23 bits per heavy atom. The molecule has 3 aliphatic carbocycles. The maximum absolute atomic E-state index is 12.4. The quantitative estimate of drug-likeness (QED) is 0.664. The third-order valence-corrected chi connectivity index (χ3v) is 9.33. The van der Waals surface area contributed by atoms with Crippen LogP contribution in [0.5, 0.6) is 0 Å². The summed E-state index contributed by atoms with van der Waals surface area (Å²) in [5.74, 6) is 0. The smallest absolute Gasteiger partial charge is 0.317 e. The molecule has 5 fully saturated rings. The Bertz CT molecular complexity index is 795. The summed E-state index contributed by atoms with van der Waals surface area (Å²) in [6.07, 6.45) is 9.74. The van der Waals surface area contributed by atoms with Crippen molar-refractivity contribution in [1.29, 1.82) is 0 Å². The molecular weight excluding hydrogens is 431 g/mol. The topological polar surface area (TPSA) is 38.8 Å². The number of piperazine rings is 1. The highest BCUT2D eigenvalue weighted by Crippen LogP contribution is 2.54. The Kier molecular flexibility index (Phi) is 6.04. The van der Waals surface area contributed by atoms with E-state index in [9.17, 15) is 4.79 Å². The molecule has 2 bridgehead atoms. The lowest BCUT2D eigenvalue weighted by Crippen LogP contribution is -2.61. The molecular formula is C24H34Cl2N4O. The van der Waals surface area contributed by atoms with Gasteiger partial charge in [0.2, 0.25) is 0 Å². The van der Waals surface area contributed by atoms with Crippen molar-refractivity contribution < 1.29 is 4.79 Å². The number of nitrogens with zero attached hydrogens (tertiary/aromatic N) is 3. The van der Waals surface area contributed by atoms with Crippen LogP contribution in [0.15, 0.2) is 18.2 Å². The third-order valence-electron chi connectivity index (χ3n) is 8.52. The van der Waals surface area contributed by atoms with Crippen molar-refractivity contribution in [3.63, 3.8) is 0 Å². The molecule has 2 amide bonds. The minimum absolute atomic E-state index is 0.0796. The summed E-state index contributed by atoms with van der Waals surface area (Å²) < 4.78 is 0. The first-order valence-corrected chi connectivity index (χ1v) is 12.7.